The summed E-state index contributed by atoms with van der Waals surface area (Å²) in [6, 6.07) is 3.82. The summed E-state index contributed by atoms with van der Waals surface area (Å²) in [7, 11) is 0. The Balaban J connectivity index is 0.000000142. The third-order valence-corrected chi connectivity index (χ3v) is 10.6. The fourth-order valence-electron chi connectivity index (χ4n) is 7.65. The normalized spacial score (nSPS) is 37.2. The van der Waals surface area contributed by atoms with Crippen LogP contribution in [-0.4, -0.2) is 96.1 Å². The minimum absolute atomic E-state index is 0.930. The van der Waals surface area contributed by atoms with Gasteiger partial charge in [-0.05, 0) is 88.9 Å². The molecule has 0 aromatic rings. The van der Waals surface area contributed by atoms with E-state index in [1.165, 1.54) is 142 Å². The molecule has 196 valence electrons. The van der Waals surface area contributed by atoms with Crippen LogP contribution in [0.5, 0.6) is 0 Å². The van der Waals surface area contributed by atoms with Gasteiger partial charge in [-0.25, -0.2) is 0 Å². The smallest absolute Gasteiger partial charge is 0.0113 e. The molecule has 0 unspecified atom stereocenters. The van der Waals surface area contributed by atoms with E-state index in [1.54, 1.807) is 0 Å². The molecule has 6 fully saturated rings. The van der Waals surface area contributed by atoms with E-state index in [-0.39, 0.29) is 0 Å². The summed E-state index contributed by atoms with van der Waals surface area (Å²) in [5.41, 5.74) is 0. The van der Waals surface area contributed by atoms with Gasteiger partial charge in [-0.3, -0.25) is 19.6 Å². The number of hydrogen-bond donors (Lipinski definition) is 0. The minimum Gasteiger partial charge on any atom is -0.298 e. The SMILES string of the molecule is CCC1CCC(N2CCN(C3CC3)CC2)CC1.CCC1CCC(N2CCN(C3CC3)CC2)CC1. The molecule has 0 aromatic carbocycles. The quantitative estimate of drug-likeness (QED) is 0.508. The second-order valence-electron chi connectivity index (χ2n) is 12.8. The van der Waals surface area contributed by atoms with Gasteiger partial charge in [0.2, 0.25) is 0 Å². The van der Waals surface area contributed by atoms with Gasteiger partial charge in [0.25, 0.3) is 0 Å². The van der Waals surface area contributed by atoms with Crippen LogP contribution >= 0.6 is 0 Å². The second-order valence-corrected chi connectivity index (χ2v) is 12.8. The van der Waals surface area contributed by atoms with Crippen molar-refractivity contribution in [2.45, 2.75) is 128 Å². The van der Waals surface area contributed by atoms with E-state index in [4.69, 9.17) is 0 Å². The predicted molar refractivity (Wildman–Crippen MR) is 144 cm³/mol. The van der Waals surface area contributed by atoms with Crippen molar-refractivity contribution in [2.75, 3.05) is 52.4 Å². The average molecular weight is 473 g/mol. The minimum atomic E-state index is 0.930. The van der Waals surface area contributed by atoms with Crippen LogP contribution in [0, 0.1) is 11.8 Å². The summed E-state index contributed by atoms with van der Waals surface area (Å²) >= 11 is 0. The Morgan fingerprint density at radius 3 is 0.735 bits per heavy atom. The molecule has 4 heteroatoms. The Labute approximate surface area is 211 Å². The Morgan fingerprint density at radius 1 is 0.353 bits per heavy atom. The van der Waals surface area contributed by atoms with Crippen molar-refractivity contribution < 1.29 is 0 Å². The first kappa shape index (κ1) is 25.5. The van der Waals surface area contributed by atoms with Gasteiger partial charge < -0.3 is 0 Å². The highest BCUT2D eigenvalue weighted by Gasteiger charge is 2.35. The van der Waals surface area contributed by atoms with Crippen LogP contribution < -0.4 is 0 Å². The Bertz CT molecular complexity index is 519. The standard InChI is InChI=1S/2C15H28N2/c2*1-2-13-3-5-14(6-4-13)16-9-11-17(12-10-16)15-7-8-15/h2*13-15H,2-12H2,1H3. The van der Waals surface area contributed by atoms with Gasteiger partial charge in [0.15, 0.2) is 0 Å². The molecule has 0 aromatic heterocycles. The van der Waals surface area contributed by atoms with Crippen molar-refractivity contribution >= 4 is 0 Å². The average Bonchev–Trinajstić information content (AvgIpc) is 3.83. The monoisotopic (exact) mass is 472 g/mol. The van der Waals surface area contributed by atoms with E-state index in [0.717, 1.165) is 36.0 Å². The molecule has 6 rings (SSSR count). The Kier molecular flexibility index (Phi) is 9.29. The topological polar surface area (TPSA) is 13.0 Å². The van der Waals surface area contributed by atoms with Crippen molar-refractivity contribution in [3.63, 3.8) is 0 Å². The first-order valence-electron chi connectivity index (χ1n) is 15.7. The summed E-state index contributed by atoms with van der Waals surface area (Å²) in [6.07, 6.45) is 20.6. The predicted octanol–water partition coefficient (Wildman–Crippen LogP) is 5.47. The first-order chi connectivity index (χ1) is 16.7. The second kappa shape index (κ2) is 12.4. The third kappa shape index (κ3) is 6.99. The van der Waals surface area contributed by atoms with E-state index in [2.05, 4.69) is 33.4 Å². The molecule has 2 aliphatic heterocycles. The molecule has 0 N–H and O–H groups in total. The largest absolute Gasteiger partial charge is 0.298 e. The molecular weight excluding hydrogens is 416 g/mol. The Hall–Kier alpha value is -0.160. The van der Waals surface area contributed by atoms with Crippen molar-refractivity contribution in [3.8, 4) is 0 Å². The van der Waals surface area contributed by atoms with Crippen molar-refractivity contribution in [1.82, 2.24) is 19.6 Å². The summed E-state index contributed by atoms with van der Waals surface area (Å²) in [4.78, 5) is 11.1. The van der Waals surface area contributed by atoms with E-state index in [0.29, 0.717) is 0 Å². The Morgan fingerprint density at radius 2 is 0.559 bits per heavy atom. The third-order valence-electron chi connectivity index (χ3n) is 10.6. The lowest BCUT2D eigenvalue weighted by Gasteiger charge is -2.42. The lowest BCUT2D eigenvalue weighted by molar-refractivity contribution is 0.0668. The lowest BCUT2D eigenvalue weighted by atomic mass is 9.84. The molecule has 0 atom stereocenters. The highest BCUT2D eigenvalue weighted by Crippen LogP contribution is 2.33. The molecule has 6 aliphatic rings. The van der Waals surface area contributed by atoms with Gasteiger partial charge in [-0.15, -0.1) is 0 Å². The zero-order chi connectivity index (χ0) is 23.3. The number of nitrogens with zero attached hydrogens (tertiary/aromatic N) is 4. The maximum absolute atomic E-state index is 2.80. The van der Waals surface area contributed by atoms with Gasteiger partial charge in [-0.2, -0.15) is 0 Å². The van der Waals surface area contributed by atoms with Crippen molar-refractivity contribution in [2.24, 2.45) is 11.8 Å². The van der Waals surface area contributed by atoms with Crippen LogP contribution in [0.4, 0.5) is 0 Å². The molecule has 2 saturated heterocycles. The highest BCUT2D eigenvalue weighted by atomic mass is 15.3. The van der Waals surface area contributed by atoms with Crippen molar-refractivity contribution in [1.29, 1.82) is 0 Å². The maximum atomic E-state index is 2.80. The molecule has 0 amide bonds. The van der Waals surface area contributed by atoms with Crippen LogP contribution in [0.15, 0.2) is 0 Å². The van der Waals surface area contributed by atoms with E-state index in [9.17, 15) is 0 Å². The van der Waals surface area contributed by atoms with Gasteiger partial charge in [0.1, 0.15) is 0 Å². The maximum Gasteiger partial charge on any atom is 0.0113 e. The highest BCUT2D eigenvalue weighted by molar-refractivity contribution is 4.91. The molecule has 4 saturated carbocycles. The zero-order valence-electron chi connectivity index (χ0n) is 22.8. The van der Waals surface area contributed by atoms with E-state index >= 15 is 0 Å². The first-order valence-corrected chi connectivity index (χ1v) is 15.7. The fraction of sp³-hybridized carbons (Fsp3) is 1.00. The van der Waals surface area contributed by atoms with Crippen LogP contribution in [0.1, 0.15) is 104 Å². The van der Waals surface area contributed by atoms with E-state index in [1.807, 2.05) is 0 Å². The molecule has 34 heavy (non-hydrogen) atoms. The van der Waals surface area contributed by atoms with Crippen LogP contribution in [0.25, 0.3) is 0 Å². The lowest BCUT2D eigenvalue weighted by Crippen LogP contribution is -2.51. The summed E-state index contributed by atoms with van der Waals surface area (Å²) < 4.78 is 0. The van der Waals surface area contributed by atoms with Gasteiger partial charge >= 0.3 is 0 Å². The number of piperazine rings is 2. The van der Waals surface area contributed by atoms with E-state index < -0.39 is 0 Å². The van der Waals surface area contributed by atoms with Crippen molar-refractivity contribution in [3.05, 3.63) is 0 Å². The summed E-state index contributed by atoms with van der Waals surface area (Å²) in [5.74, 6) is 2.08. The zero-order valence-corrected chi connectivity index (χ0v) is 22.8. The van der Waals surface area contributed by atoms with Crippen LogP contribution in [0.2, 0.25) is 0 Å². The fourth-order valence-corrected chi connectivity index (χ4v) is 7.65. The molecule has 0 radical (unpaired) electrons. The number of rotatable bonds is 6. The molecule has 4 nitrogen and oxygen atoms in total. The molecule has 2 heterocycles. The molecule has 0 bridgehead atoms. The molecule has 0 spiro atoms. The van der Waals surface area contributed by atoms with Gasteiger partial charge in [0, 0.05) is 76.5 Å². The summed E-state index contributed by atoms with van der Waals surface area (Å²) in [6.45, 7) is 15.5. The van der Waals surface area contributed by atoms with Gasteiger partial charge in [0.05, 0.1) is 0 Å². The van der Waals surface area contributed by atoms with Gasteiger partial charge in [-0.1, -0.05) is 26.7 Å². The van der Waals surface area contributed by atoms with Crippen LogP contribution in [0.3, 0.4) is 0 Å². The van der Waals surface area contributed by atoms with Crippen LogP contribution in [-0.2, 0) is 0 Å². The molecular formula is C30H56N4. The molecule has 4 aliphatic carbocycles. The number of hydrogen-bond acceptors (Lipinski definition) is 4. The summed E-state index contributed by atoms with van der Waals surface area (Å²) in [5, 5.41) is 0.